The quantitative estimate of drug-likeness (QED) is 0.647. The Labute approximate surface area is 168 Å². The molecule has 0 aliphatic carbocycles. The van der Waals surface area contributed by atoms with Crippen LogP contribution in [0.4, 0.5) is 5.69 Å². The van der Waals surface area contributed by atoms with Crippen molar-refractivity contribution in [2.75, 3.05) is 40.3 Å². The van der Waals surface area contributed by atoms with Gasteiger partial charge in [0.25, 0.3) is 0 Å². The lowest BCUT2D eigenvalue weighted by Crippen LogP contribution is -2.03. The van der Waals surface area contributed by atoms with Crippen LogP contribution in [0.2, 0.25) is 0 Å². The first-order valence-electron chi connectivity index (χ1n) is 8.68. The van der Waals surface area contributed by atoms with Gasteiger partial charge in [0.1, 0.15) is 17.2 Å². The molecule has 8 heteroatoms. The zero-order valence-electron chi connectivity index (χ0n) is 16.8. The van der Waals surface area contributed by atoms with E-state index in [0.29, 0.717) is 34.4 Å². The minimum atomic E-state index is -1.25. The van der Waals surface area contributed by atoms with Crippen molar-refractivity contribution in [2.45, 2.75) is 12.7 Å². The highest BCUT2D eigenvalue weighted by molar-refractivity contribution is 7.87. The molecule has 2 aromatic rings. The van der Waals surface area contributed by atoms with Crippen LogP contribution in [0.1, 0.15) is 18.1 Å². The maximum atomic E-state index is 12.6. The molecule has 1 heterocycles. The van der Waals surface area contributed by atoms with Gasteiger partial charge in [0.05, 0.1) is 56.2 Å². The van der Waals surface area contributed by atoms with Crippen molar-refractivity contribution in [2.24, 2.45) is 0 Å². The molecule has 1 aromatic heterocycles. The van der Waals surface area contributed by atoms with Crippen LogP contribution in [0.15, 0.2) is 29.8 Å². The van der Waals surface area contributed by atoms with Crippen molar-refractivity contribution in [1.29, 1.82) is 0 Å². The summed E-state index contributed by atoms with van der Waals surface area (Å²) in [5, 5.41) is 4.81. The second kappa shape index (κ2) is 10.6. The van der Waals surface area contributed by atoms with Gasteiger partial charge in [-0.1, -0.05) is 0 Å². The molecule has 28 heavy (non-hydrogen) atoms. The van der Waals surface area contributed by atoms with Crippen LogP contribution in [0.3, 0.4) is 0 Å². The average Bonchev–Trinajstić information content (AvgIpc) is 2.72. The first-order chi connectivity index (χ1) is 13.6. The number of pyridine rings is 1. The van der Waals surface area contributed by atoms with E-state index in [2.05, 4.69) is 10.3 Å². The number of hydrogen-bond acceptors (Lipinski definition) is 7. The van der Waals surface area contributed by atoms with E-state index in [0.717, 1.165) is 17.8 Å². The van der Waals surface area contributed by atoms with E-state index < -0.39 is 10.8 Å². The van der Waals surface area contributed by atoms with Gasteiger partial charge in [0.2, 0.25) is 5.88 Å². The van der Waals surface area contributed by atoms with Crippen LogP contribution < -0.4 is 24.3 Å². The molecule has 0 radical (unpaired) electrons. The zero-order chi connectivity index (χ0) is 20.5. The summed E-state index contributed by atoms with van der Waals surface area (Å²) in [6, 6.07) is 5.40. The lowest BCUT2D eigenvalue weighted by atomic mass is 10.1. The Balaban J connectivity index is 2.21. The lowest BCUT2D eigenvalue weighted by molar-refractivity contribution is 0.374. The summed E-state index contributed by atoms with van der Waals surface area (Å²) < 4.78 is 33.9. The Hall–Kier alpha value is -2.74. The largest absolute Gasteiger partial charge is 0.496 e. The van der Waals surface area contributed by atoms with E-state index >= 15 is 0 Å². The first-order valence-corrected chi connectivity index (χ1v) is 10.1. The first kappa shape index (κ1) is 21.6. The van der Waals surface area contributed by atoms with E-state index in [1.165, 1.54) is 0 Å². The number of aromatic nitrogens is 1. The highest BCUT2D eigenvalue weighted by Crippen LogP contribution is 2.35. The Kier molecular flexibility index (Phi) is 8.13. The van der Waals surface area contributed by atoms with Crippen molar-refractivity contribution in [3.63, 3.8) is 0 Å². The normalized spacial score (nSPS) is 11.9. The molecule has 1 unspecified atom stereocenters. The Morgan fingerprint density at radius 2 is 1.71 bits per heavy atom. The fourth-order valence-corrected chi connectivity index (χ4v) is 3.48. The predicted octanol–water partition coefficient (Wildman–Crippen LogP) is 3.47. The number of ether oxygens (including phenoxy) is 4. The monoisotopic (exact) mass is 406 g/mol. The second-order valence-corrected chi connectivity index (χ2v) is 7.03. The van der Waals surface area contributed by atoms with Gasteiger partial charge in [-0.15, -0.1) is 0 Å². The molecule has 7 nitrogen and oxygen atoms in total. The van der Waals surface area contributed by atoms with Crippen molar-refractivity contribution < 1.29 is 23.2 Å². The maximum absolute atomic E-state index is 12.6. The van der Waals surface area contributed by atoms with Crippen molar-refractivity contribution in [3.8, 4) is 23.1 Å². The Morgan fingerprint density at radius 3 is 2.25 bits per heavy atom. The number of methoxy groups -OCH3 is 4. The lowest BCUT2D eigenvalue weighted by Gasteiger charge is -2.12. The summed E-state index contributed by atoms with van der Waals surface area (Å²) in [4.78, 5) is 4.26. The minimum absolute atomic E-state index is 0.326. The number of anilines is 1. The minimum Gasteiger partial charge on any atom is -0.496 e. The van der Waals surface area contributed by atoms with E-state index in [-0.39, 0.29) is 0 Å². The van der Waals surface area contributed by atoms with Gasteiger partial charge in [-0.25, -0.2) is 4.98 Å². The fourth-order valence-electron chi connectivity index (χ4n) is 2.61. The average molecular weight is 407 g/mol. The van der Waals surface area contributed by atoms with Gasteiger partial charge in [-0.3, -0.25) is 4.21 Å². The van der Waals surface area contributed by atoms with Gasteiger partial charge < -0.3 is 24.3 Å². The van der Waals surface area contributed by atoms with Crippen LogP contribution >= 0.6 is 0 Å². The van der Waals surface area contributed by atoms with Crippen LogP contribution in [-0.4, -0.2) is 44.2 Å². The van der Waals surface area contributed by atoms with Crippen LogP contribution in [-0.2, 0) is 16.6 Å². The Bertz CT molecular complexity index is 829. The molecule has 0 aliphatic rings. The van der Waals surface area contributed by atoms with Gasteiger partial charge in [0, 0.05) is 30.3 Å². The molecule has 1 N–H and O–H groups in total. The Morgan fingerprint density at radius 1 is 1.04 bits per heavy atom. The van der Waals surface area contributed by atoms with E-state index in [9.17, 15) is 4.21 Å². The summed E-state index contributed by atoms with van der Waals surface area (Å²) in [5.41, 5.74) is 2.32. The van der Waals surface area contributed by atoms with E-state index in [4.69, 9.17) is 18.9 Å². The predicted molar refractivity (Wildman–Crippen MR) is 112 cm³/mol. The summed E-state index contributed by atoms with van der Waals surface area (Å²) in [6.45, 7) is 2.73. The fraction of sp³-hybridized carbons (Fsp3) is 0.350. The van der Waals surface area contributed by atoms with Crippen LogP contribution in [0.5, 0.6) is 23.1 Å². The summed E-state index contributed by atoms with van der Waals surface area (Å²) in [7, 11) is 5.02. The molecule has 0 saturated carbocycles. The molecule has 1 aromatic carbocycles. The van der Waals surface area contributed by atoms with Gasteiger partial charge in [0.15, 0.2) is 0 Å². The van der Waals surface area contributed by atoms with Gasteiger partial charge in [-0.2, -0.15) is 0 Å². The molecule has 1 atom stereocenters. The van der Waals surface area contributed by atoms with E-state index in [1.54, 1.807) is 58.3 Å². The topological polar surface area (TPSA) is 78.9 Å². The standard InChI is InChI=1S/C20H26N2O5S/c1-6-21-17-9-14(12-22-20(17)27-5)13-28(23)8-7-16-18(25-3)10-15(24-2)11-19(16)26-4/h7-12,21H,6,13H2,1-5H3/b8-7+. The molecule has 0 spiro atoms. The molecule has 0 aliphatic heterocycles. The number of rotatable bonds is 10. The number of benzene rings is 1. The summed E-state index contributed by atoms with van der Waals surface area (Å²) in [6.07, 6.45) is 3.40. The third-order valence-corrected chi connectivity index (χ3v) is 4.97. The molecule has 0 bridgehead atoms. The smallest absolute Gasteiger partial charge is 0.237 e. The van der Waals surface area contributed by atoms with Crippen LogP contribution in [0, 0.1) is 0 Å². The third kappa shape index (κ3) is 5.39. The number of nitrogens with one attached hydrogen (secondary N) is 1. The van der Waals surface area contributed by atoms with Gasteiger partial charge >= 0.3 is 0 Å². The molecule has 152 valence electrons. The molecule has 0 fully saturated rings. The molecule has 0 saturated heterocycles. The zero-order valence-corrected chi connectivity index (χ0v) is 17.6. The van der Waals surface area contributed by atoms with Crippen molar-refractivity contribution in [1.82, 2.24) is 4.98 Å². The van der Waals surface area contributed by atoms with Crippen molar-refractivity contribution >= 4 is 22.6 Å². The number of nitrogens with zero attached hydrogens (tertiary/aromatic N) is 1. The second-order valence-electron chi connectivity index (χ2n) is 5.70. The molecular weight excluding hydrogens is 380 g/mol. The maximum Gasteiger partial charge on any atom is 0.237 e. The third-order valence-electron chi connectivity index (χ3n) is 3.92. The molecular formula is C20H26N2O5S. The van der Waals surface area contributed by atoms with Crippen LogP contribution in [0.25, 0.3) is 6.08 Å². The van der Waals surface area contributed by atoms with Crippen molar-refractivity contribution in [3.05, 3.63) is 40.9 Å². The molecule has 2 rings (SSSR count). The highest BCUT2D eigenvalue weighted by atomic mass is 32.2. The molecule has 0 amide bonds. The SMILES string of the molecule is CCNc1cc(CS(=O)/C=C/c2c(OC)cc(OC)cc2OC)cnc1OC. The van der Waals surface area contributed by atoms with E-state index in [1.807, 2.05) is 13.0 Å². The van der Waals surface area contributed by atoms with Gasteiger partial charge in [-0.05, 0) is 24.6 Å². The summed E-state index contributed by atoms with van der Waals surface area (Å²) >= 11 is 0. The summed E-state index contributed by atoms with van der Waals surface area (Å²) in [5.74, 6) is 2.61. The number of hydrogen-bond donors (Lipinski definition) is 1. The highest BCUT2D eigenvalue weighted by Gasteiger charge is 2.12.